The van der Waals surface area contributed by atoms with Gasteiger partial charge in [0, 0.05) is 24.7 Å². The van der Waals surface area contributed by atoms with Gasteiger partial charge in [-0.05, 0) is 12.5 Å². The Morgan fingerprint density at radius 2 is 2.46 bits per heavy atom. The molecule has 0 spiro atoms. The highest BCUT2D eigenvalue weighted by Crippen LogP contribution is 2.09. The number of hydrogen-bond acceptors (Lipinski definition) is 3. The predicted molar refractivity (Wildman–Crippen MR) is 57.0 cm³/mol. The Hall–Kier alpha value is -0.480. The minimum atomic E-state index is 0.730. The molecule has 0 amide bonds. The molecule has 0 aliphatic heterocycles. The smallest absolute Gasteiger partial charge is 0.165 e. The van der Waals surface area contributed by atoms with Crippen molar-refractivity contribution in [1.82, 2.24) is 15.3 Å². The van der Waals surface area contributed by atoms with Crippen molar-refractivity contribution in [1.29, 1.82) is 0 Å². The van der Waals surface area contributed by atoms with Crippen LogP contribution in [0.25, 0.3) is 0 Å². The molecule has 0 aliphatic carbocycles. The fraction of sp³-hybridized carbons (Fsp3) is 0.667. The van der Waals surface area contributed by atoms with Gasteiger partial charge < -0.3 is 10.3 Å². The van der Waals surface area contributed by atoms with Crippen LogP contribution in [-0.4, -0.2) is 28.8 Å². The van der Waals surface area contributed by atoms with Gasteiger partial charge in [0.1, 0.15) is 0 Å². The van der Waals surface area contributed by atoms with E-state index in [2.05, 4.69) is 29.1 Å². The van der Waals surface area contributed by atoms with Crippen molar-refractivity contribution < 1.29 is 0 Å². The maximum atomic E-state index is 4.13. The molecule has 1 aromatic heterocycles. The zero-order valence-electron chi connectivity index (χ0n) is 8.21. The van der Waals surface area contributed by atoms with Crippen LogP contribution in [0.15, 0.2) is 17.6 Å². The summed E-state index contributed by atoms with van der Waals surface area (Å²) in [6.45, 7) is 6.57. The molecule has 13 heavy (non-hydrogen) atoms. The van der Waals surface area contributed by atoms with Gasteiger partial charge in [0.05, 0.1) is 0 Å². The molecular formula is C9H17N3S. The van der Waals surface area contributed by atoms with E-state index in [1.54, 1.807) is 18.0 Å². The molecule has 0 bridgehead atoms. The monoisotopic (exact) mass is 199 g/mol. The summed E-state index contributed by atoms with van der Waals surface area (Å²) in [5.41, 5.74) is 0. The molecule has 4 heteroatoms. The Labute approximate surface area is 83.7 Å². The van der Waals surface area contributed by atoms with Crippen molar-refractivity contribution in [3.05, 3.63) is 12.4 Å². The summed E-state index contributed by atoms with van der Waals surface area (Å²) in [7, 11) is 0. The minimum Gasteiger partial charge on any atom is -0.340 e. The topological polar surface area (TPSA) is 40.7 Å². The highest BCUT2D eigenvalue weighted by atomic mass is 32.2. The van der Waals surface area contributed by atoms with Crippen LogP contribution in [0.1, 0.15) is 13.8 Å². The van der Waals surface area contributed by atoms with E-state index >= 15 is 0 Å². The molecule has 0 saturated heterocycles. The lowest BCUT2D eigenvalue weighted by atomic mass is 10.2. The quantitative estimate of drug-likeness (QED) is 0.541. The fourth-order valence-electron chi connectivity index (χ4n) is 0.940. The number of rotatable bonds is 6. The van der Waals surface area contributed by atoms with Crippen LogP contribution in [-0.2, 0) is 0 Å². The van der Waals surface area contributed by atoms with Crippen molar-refractivity contribution in [2.24, 2.45) is 5.92 Å². The van der Waals surface area contributed by atoms with E-state index in [4.69, 9.17) is 0 Å². The van der Waals surface area contributed by atoms with Crippen LogP contribution in [0.2, 0.25) is 0 Å². The highest BCUT2D eigenvalue weighted by molar-refractivity contribution is 7.99. The standard InChI is InChI=1S/C9H17N3S/c1-8(2)7-10-5-6-13-9-11-3-4-12-9/h3-4,8,10H,5-7H2,1-2H3,(H,11,12). The third-order valence-corrected chi connectivity index (χ3v) is 2.45. The second-order valence-corrected chi connectivity index (χ2v) is 4.42. The molecule has 0 saturated carbocycles. The van der Waals surface area contributed by atoms with E-state index in [1.807, 2.05) is 6.20 Å². The van der Waals surface area contributed by atoms with Crippen LogP contribution >= 0.6 is 11.8 Å². The second kappa shape index (κ2) is 6.05. The Kier molecular flexibility index (Phi) is 4.93. The average Bonchev–Trinajstić information content (AvgIpc) is 2.55. The number of thioether (sulfide) groups is 1. The van der Waals surface area contributed by atoms with E-state index < -0.39 is 0 Å². The lowest BCUT2D eigenvalue weighted by Gasteiger charge is -2.05. The molecule has 0 radical (unpaired) electrons. The predicted octanol–water partition coefficient (Wildman–Crippen LogP) is 1.75. The van der Waals surface area contributed by atoms with Crippen molar-refractivity contribution >= 4 is 11.8 Å². The summed E-state index contributed by atoms with van der Waals surface area (Å²) in [4.78, 5) is 7.19. The van der Waals surface area contributed by atoms with Gasteiger partial charge in [-0.2, -0.15) is 0 Å². The lowest BCUT2D eigenvalue weighted by molar-refractivity contribution is 0.568. The van der Waals surface area contributed by atoms with Gasteiger partial charge in [-0.3, -0.25) is 0 Å². The maximum Gasteiger partial charge on any atom is 0.165 e. The van der Waals surface area contributed by atoms with Gasteiger partial charge in [0.2, 0.25) is 0 Å². The summed E-state index contributed by atoms with van der Waals surface area (Å²) in [5.74, 6) is 1.80. The van der Waals surface area contributed by atoms with Crippen LogP contribution in [0.3, 0.4) is 0 Å². The Morgan fingerprint density at radius 3 is 3.08 bits per heavy atom. The summed E-state index contributed by atoms with van der Waals surface area (Å²) in [5, 5.41) is 4.39. The number of nitrogens with one attached hydrogen (secondary N) is 2. The summed E-state index contributed by atoms with van der Waals surface area (Å²) in [6.07, 6.45) is 3.63. The normalized spacial score (nSPS) is 11.0. The van der Waals surface area contributed by atoms with E-state index in [-0.39, 0.29) is 0 Å². The number of H-pyrrole nitrogens is 1. The van der Waals surface area contributed by atoms with Gasteiger partial charge in [-0.15, -0.1) is 0 Å². The fourth-order valence-corrected chi connectivity index (χ4v) is 1.67. The third kappa shape index (κ3) is 4.95. The molecular weight excluding hydrogens is 182 g/mol. The maximum absolute atomic E-state index is 4.13. The Bertz CT molecular complexity index is 209. The van der Waals surface area contributed by atoms with Gasteiger partial charge in [0.15, 0.2) is 5.16 Å². The largest absolute Gasteiger partial charge is 0.340 e. The average molecular weight is 199 g/mol. The van der Waals surface area contributed by atoms with Gasteiger partial charge in [0.25, 0.3) is 0 Å². The molecule has 0 fully saturated rings. The third-order valence-electron chi connectivity index (χ3n) is 1.54. The Morgan fingerprint density at radius 1 is 1.62 bits per heavy atom. The first kappa shape index (κ1) is 10.6. The van der Waals surface area contributed by atoms with Crippen LogP contribution in [0.4, 0.5) is 0 Å². The first-order valence-corrected chi connectivity index (χ1v) is 5.60. The minimum absolute atomic E-state index is 0.730. The molecule has 0 atom stereocenters. The molecule has 1 aromatic rings. The molecule has 0 unspecified atom stereocenters. The first-order valence-electron chi connectivity index (χ1n) is 4.62. The number of imidazole rings is 1. The molecule has 74 valence electrons. The van der Waals surface area contributed by atoms with Crippen molar-refractivity contribution in [2.45, 2.75) is 19.0 Å². The SMILES string of the molecule is CC(C)CNCCSc1ncc[nH]1. The van der Waals surface area contributed by atoms with Gasteiger partial charge >= 0.3 is 0 Å². The summed E-state index contributed by atoms with van der Waals surface area (Å²) in [6, 6.07) is 0. The van der Waals surface area contributed by atoms with Crippen molar-refractivity contribution in [3.63, 3.8) is 0 Å². The number of nitrogens with zero attached hydrogens (tertiary/aromatic N) is 1. The zero-order valence-corrected chi connectivity index (χ0v) is 9.03. The summed E-state index contributed by atoms with van der Waals surface area (Å²) < 4.78 is 0. The Balaban J connectivity index is 1.96. The van der Waals surface area contributed by atoms with E-state index in [0.29, 0.717) is 0 Å². The molecule has 2 N–H and O–H groups in total. The van der Waals surface area contributed by atoms with E-state index in [9.17, 15) is 0 Å². The van der Waals surface area contributed by atoms with E-state index in [1.165, 1.54) is 0 Å². The molecule has 1 heterocycles. The first-order chi connectivity index (χ1) is 6.29. The molecule has 0 aliphatic rings. The zero-order chi connectivity index (χ0) is 9.52. The van der Waals surface area contributed by atoms with E-state index in [0.717, 1.165) is 29.9 Å². The second-order valence-electron chi connectivity index (χ2n) is 3.34. The molecule has 0 aromatic carbocycles. The molecule has 1 rings (SSSR count). The van der Waals surface area contributed by atoms with Crippen LogP contribution in [0.5, 0.6) is 0 Å². The van der Waals surface area contributed by atoms with Crippen molar-refractivity contribution in [3.8, 4) is 0 Å². The van der Waals surface area contributed by atoms with Crippen LogP contribution < -0.4 is 5.32 Å². The van der Waals surface area contributed by atoms with Gasteiger partial charge in [-0.1, -0.05) is 25.6 Å². The number of hydrogen-bond donors (Lipinski definition) is 2. The molecule has 3 nitrogen and oxygen atoms in total. The lowest BCUT2D eigenvalue weighted by Crippen LogP contribution is -2.22. The number of aromatic amines is 1. The summed E-state index contributed by atoms with van der Waals surface area (Å²) >= 11 is 1.75. The van der Waals surface area contributed by atoms with Gasteiger partial charge in [-0.25, -0.2) is 4.98 Å². The highest BCUT2D eigenvalue weighted by Gasteiger charge is 1.95. The van der Waals surface area contributed by atoms with Crippen molar-refractivity contribution in [2.75, 3.05) is 18.8 Å². The number of aromatic nitrogens is 2. The van der Waals surface area contributed by atoms with Crippen LogP contribution in [0, 0.1) is 5.92 Å².